The summed E-state index contributed by atoms with van der Waals surface area (Å²) in [7, 11) is -3.45. The van der Waals surface area contributed by atoms with Gasteiger partial charge in [-0.2, -0.15) is 0 Å². The molecule has 0 fully saturated rings. The molecule has 2 aromatic carbocycles. The smallest absolute Gasteiger partial charge is 0.258 e. The number of anilines is 1. The Morgan fingerprint density at radius 3 is 2.31 bits per heavy atom. The number of carbonyl (C=O) groups excluding carboxylic acids is 1. The summed E-state index contributed by atoms with van der Waals surface area (Å²) in [5.74, 6) is 0.194. The van der Waals surface area contributed by atoms with Crippen molar-refractivity contribution >= 4 is 33.2 Å². The number of carbonyl (C=O) groups is 1. The van der Waals surface area contributed by atoms with Crippen LogP contribution >= 0.6 is 11.6 Å². The Morgan fingerprint density at radius 1 is 1.12 bits per heavy atom. The molecule has 0 aromatic heterocycles. The maximum Gasteiger partial charge on any atom is 0.258 e. The van der Waals surface area contributed by atoms with Crippen LogP contribution in [0.4, 0.5) is 5.69 Å². The van der Waals surface area contributed by atoms with E-state index in [1.807, 2.05) is 19.1 Å². The molecule has 26 heavy (non-hydrogen) atoms. The van der Waals surface area contributed by atoms with Crippen molar-refractivity contribution in [1.29, 1.82) is 0 Å². The third-order valence-electron chi connectivity index (χ3n) is 3.54. The van der Waals surface area contributed by atoms with Gasteiger partial charge in [0.1, 0.15) is 5.75 Å². The number of rotatable bonds is 8. The minimum Gasteiger partial charge on any atom is -0.484 e. The molecular formula is C18H21ClN2O4S. The number of sulfonamides is 1. The number of hydrogen-bond acceptors (Lipinski definition) is 4. The standard InChI is InChI=1S/C18H21ClN2O4S/c1-14-3-7-16(8-4-14)21(26(2,23)24)12-11-20-18(22)13-25-17-9-5-15(19)6-10-17/h3-10H,11-13H2,1-2H3,(H,20,22). The molecule has 0 bridgehead atoms. The van der Waals surface area contributed by atoms with Gasteiger partial charge in [0.05, 0.1) is 18.5 Å². The average Bonchev–Trinajstić information content (AvgIpc) is 2.58. The number of ether oxygens (including phenoxy) is 1. The quantitative estimate of drug-likeness (QED) is 0.744. The summed E-state index contributed by atoms with van der Waals surface area (Å²) in [6, 6.07) is 13.8. The van der Waals surface area contributed by atoms with Crippen molar-refractivity contribution in [2.24, 2.45) is 0 Å². The second kappa shape index (κ2) is 8.91. The maximum absolute atomic E-state index is 12.0. The molecule has 0 heterocycles. The Bertz CT molecular complexity index is 836. The van der Waals surface area contributed by atoms with Crippen LogP contribution < -0.4 is 14.4 Å². The van der Waals surface area contributed by atoms with Crippen LogP contribution in [-0.4, -0.2) is 40.3 Å². The van der Waals surface area contributed by atoms with Gasteiger partial charge < -0.3 is 10.1 Å². The van der Waals surface area contributed by atoms with Gasteiger partial charge in [-0.25, -0.2) is 8.42 Å². The monoisotopic (exact) mass is 396 g/mol. The molecule has 0 aliphatic rings. The Morgan fingerprint density at radius 2 is 1.73 bits per heavy atom. The van der Waals surface area contributed by atoms with Crippen molar-refractivity contribution in [3.05, 3.63) is 59.1 Å². The van der Waals surface area contributed by atoms with E-state index in [0.717, 1.165) is 11.8 Å². The summed E-state index contributed by atoms with van der Waals surface area (Å²) in [5.41, 5.74) is 1.60. The fourth-order valence-corrected chi connectivity index (χ4v) is 3.28. The summed E-state index contributed by atoms with van der Waals surface area (Å²) in [4.78, 5) is 11.9. The van der Waals surface area contributed by atoms with Crippen LogP contribution in [0.15, 0.2) is 48.5 Å². The molecule has 0 unspecified atom stereocenters. The van der Waals surface area contributed by atoms with E-state index in [2.05, 4.69) is 5.32 Å². The molecule has 140 valence electrons. The van der Waals surface area contributed by atoms with E-state index in [1.54, 1.807) is 36.4 Å². The molecule has 2 aromatic rings. The summed E-state index contributed by atoms with van der Waals surface area (Å²) in [5, 5.41) is 3.23. The van der Waals surface area contributed by atoms with Crippen molar-refractivity contribution in [2.75, 3.05) is 30.3 Å². The molecule has 6 nitrogen and oxygen atoms in total. The molecule has 0 saturated heterocycles. The van der Waals surface area contributed by atoms with E-state index in [0.29, 0.717) is 16.5 Å². The van der Waals surface area contributed by atoms with Crippen LogP contribution in [-0.2, 0) is 14.8 Å². The second-order valence-electron chi connectivity index (χ2n) is 5.76. The summed E-state index contributed by atoms with van der Waals surface area (Å²) in [6.07, 6.45) is 1.14. The minimum atomic E-state index is -3.45. The molecule has 0 aliphatic carbocycles. The van der Waals surface area contributed by atoms with Gasteiger partial charge in [0.2, 0.25) is 10.0 Å². The van der Waals surface area contributed by atoms with Crippen molar-refractivity contribution in [2.45, 2.75) is 6.92 Å². The van der Waals surface area contributed by atoms with Crippen LogP contribution in [0.2, 0.25) is 5.02 Å². The molecule has 0 radical (unpaired) electrons. The lowest BCUT2D eigenvalue weighted by atomic mass is 10.2. The number of nitrogens with zero attached hydrogens (tertiary/aromatic N) is 1. The van der Waals surface area contributed by atoms with Crippen molar-refractivity contribution in [3.63, 3.8) is 0 Å². The van der Waals surface area contributed by atoms with Gasteiger partial charge in [0, 0.05) is 11.6 Å². The summed E-state index contributed by atoms with van der Waals surface area (Å²) < 4.78 is 30.6. The van der Waals surface area contributed by atoms with E-state index in [-0.39, 0.29) is 25.6 Å². The molecule has 2 rings (SSSR count). The predicted molar refractivity (Wildman–Crippen MR) is 103 cm³/mol. The zero-order valence-corrected chi connectivity index (χ0v) is 16.2. The van der Waals surface area contributed by atoms with Gasteiger partial charge in [0.15, 0.2) is 6.61 Å². The number of nitrogens with one attached hydrogen (secondary N) is 1. The number of benzene rings is 2. The van der Waals surface area contributed by atoms with Crippen LogP contribution in [0.3, 0.4) is 0 Å². The van der Waals surface area contributed by atoms with E-state index < -0.39 is 10.0 Å². The Kier molecular flexibility index (Phi) is 6.88. The van der Waals surface area contributed by atoms with E-state index >= 15 is 0 Å². The van der Waals surface area contributed by atoms with Crippen LogP contribution in [0.5, 0.6) is 5.75 Å². The highest BCUT2D eigenvalue weighted by atomic mass is 35.5. The van der Waals surface area contributed by atoms with Crippen molar-refractivity contribution < 1.29 is 17.9 Å². The highest BCUT2D eigenvalue weighted by Gasteiger charge is 2.17. The lowest BCUT2D eigenvalue weighted by molar-refractivity contribution is -0.123. The summed E-state index contributed by atoms with van der Waals surface area (Å²) >= 11 is 5.78. The first kappa shape index (κ1) is 20.1. The van der Waals surface area contributed by atoms with E-state index in [9.17, 15) is 13.2 Å². The second-order valence-corrected chi connectivity index (χ2v) is 8.11. The van der Waals surface area contributed by atoms with Crippen LogP contribution in [0, 0.1) is 6.92 Å². The first-order valence-electron chi connectivity index (χ1n) is 7.95. The van der Waals surface area contributed by atoms with Gasteiger partial charge in [-0.15, -0.1) is 0 Å². The van der Waals surface area contributed by atoms with Crippen LogP contribution in [0.25, 0.3) is 0 Å². The number of aryl methyl sites for hydroxylation is 1. The van der Waals surface area contributed by atoms with Crippen molar-refractivity contribution in [1.82, 2.24) is 5.32 Å². The lowest BCUT2D eigenvalue weighted by Gasteiger charge is -2.22. The Balaban J connectivity index is 1.85. The lowest BCUT2D eigenvalue weighted by Crippen LogP contribution is -2.39. The molecule has 0 spiro atoms. The topological polar surface area (TPSA) is 75.7 Å². The maximum atomic E-state index is 12.0. The highest BCUT2D eigenvalue weighted by Crippen LogP contribution is 2.17. The normalized spacial score (nSPS) is 11.0. The van der Waals surface area contributed by atoms with E-state index in [1.165, 1.54) is 4.31 Å². The third kappa shape index (κ3) is 6.24. The Labute approximate surface area is 158 Å². The number of hydrogen-bond donors (Lipinski definition) is 1. The number of amides is 1. The van der Waals surface area contributed by atoms with Gasteiger partial charge >= 0.3 is 0 Å². The first-order chi connectivity index (χ1) is 12.3. The minimum absolute atomic E-state index is 0.134. The molecule has 1 amide bonds. The zero-order valence-electron chi connectivity index (χ0n) is 14.6. The van der Waals surface area contributed by atoms with Gasteiger partial charge in [-0.05, 0) is 43.3 Å². The molecule has 1 N–H and O–H groups in total. The van der Waals surface area contributed by atoms with Gasteiger partial charge in [-0.1, -0.05) is 29.3 Å². The third-order valence-corrected chi connectivity index (χ3v) is 4.99. The van der Waals surface area contributed by atoms with Gasteiger partial charge in [-0.3, -0.25) is 9.10 Å². The zero-order chi connectivity index (χ0) is 19.2. The molecular weight excluding hydrogens is 376 g/mol. The largest absolute Gasteiger partial charge is 0.484 e. The van der Waals surface area contributed by atoms with Gasteiger partial charge in [0.25, 0.3) is 5.91 Å². The number of halogens is 1. The molecule has 0 saturated carbocycles. The van der Waals surface area contributed by atoms with Crippen molar-refractivity contribution in [3.8, 4) is 5.75 Å². The summed E-state index contributed by atoms with van der Waals surface area (Å²) in [6.45, 7) is 2.07. The first-order valence-corrected chi connectivity index (χ1v) is 10.2. The average molecular weight is 397 g/mol. The predicted octanol–water partition coefficient (Wildman–Crippen LogP) is 2.61. The fourth-order valence-electron chi connectivity index (χ4n) is 2.23. The fraction of sp³-hybridized carbons (Fsp3) is 0.278. The molecule has 0 atom stereocenters. The van der Waals surface area contributed by atoms with Crippen LogP contribution in [0.1, 0.15) is 5.56 Å². The molecule has 0 aliphatic heterocycles. The van der Waals surface area contributed by atoms with E-state index in [4.69, 9.17) is 16.3 Å². The Hall–Kier alpha value is -2.25. The SMILES string of the molecule is Cc1ccc(N(CCNC(=O)COc2ccc(Cl)cc2)S(C)(=O)=O)cc1. The molecule has 8 heteroatoms. The highest BCUT2D eigenvalue weighted by molar-refractivity contribution is 7.92.